The van der Waals surface area contributed by atoms with Crippen molar-refractivity contribution in [3.8, 4) is 0 Å². The van der Waals surface area contributed by atoms with Crippen molar-refractivity contribution in [2.75, 3.05) is 18.5 Å². The Hall–Kier alpha value is -1.10. The van der Waals surface area contributed by atoms with Gasteiger partial charge in [-0.3, -0.25) is 4.79 Å². The number of thiazole rings is 1. The third-order valence-corrected chi connectivity index (χ3v) is 2.89. The van der Waals surface area contributed by atoms with Crippen LogP contribution in [-0.4, -0.2) is 29.7 Å². The van der Waals surface area contributed by atoms with Crippen LogP contribution >= 0.6 is 11.3 Å². The highest BCUT2D eigenvalue weighted by Crippen LogP contribution is 2.18. The Labute approximate surface area is 87.2 Å². The van der Waals surface area contributed by atoms with E-state index in [0.717, 1.165) is 17.4 Å². The molecule has 0 aliphatic carbocycles. The van der Waals surface area contributed by atoms with Gasteiger partial charge >= 0.3 is 5.97 Å². The van der Waals surface area contributed by atoms with Gasteiger partial charge in [-0.05, 0) is 13.3 Å². The van der Waals surface area contributed by atoms with E-state index in [4.69, 9.17) is 5.11 Å². The minimum atomic E-state index is -0.742. The molecule has 5 heteroatoms. The zero-order chi connectivity index (χ0) is 10.6. The van der Waals surface area contributed by atoms with Crippen molar-refractivity contribution in [3.05, 3.63) is 11.1 Å². The summed E-state index contributed by atoms with van der Waals surface area (Å²) in [6.45, 7) is 2.68. The molecule has 78 valence electrons. The zero-order valence-corrected chi connectivity index (χ0v) is 9.17. The van der Waals surface area contributed by atoms with E-state index in [2.05, 4.69) is 4.98 Å². The number of aromatic nitrogens is 1. The van der Waals surface area contributed by atoms with Gasteiger partial charge in [0.05, 0.1) is 5.69 Å². The van der Waals surface area contributed by atoms with Gasteiger partial charge in [0.25, 0.3) is 0 Å². The highest BCUT2D eigenvalue weighted by atomic mass is 32.1. The van der Waals surface area contributed by atoms with Crippen molar-refractivity contribution < 1.29 is 9.90 Å². The molecule has 0 amide bonds. The van der Waals surface area contributed by atoms with Gasteiger partial charge < -0.3 is 10.0 Å². The number of hydrogen-bond donors (Lipinski definition) is 1. The summed E-state index contributed by atoms with van der Waals surface area (Å²) in [5.41, 5.74) is 1.01. The molecule has 0 spiro atoms. The number of carbonyl (C=O) groups is 1. The Bertz CT molecular complexity index is 312. The molecular formula is C9H14N2O2S. The molecule has 0 aromatic carbocycles. The SMILES string of the molecule is Cc1csc(N(C)CCCC(=O)O)n1. The van der Waals surface area contributed by atoms with Crippen LogP contribution in [0.15, 0.2) is 5.38 Å². The maximum absolute atomic E-state index is 10.3. The van der Waals surface area contributed by atoms with Crippen LogP contribution in [-0.2, 0) is 4.79 Å². The summed E-state index contributed by atoms with van der Waals surface area (Å²) < 4.78 is 0. The first-order valence-electron chi connectivity index (χ1n) is 4.44. The van der Waals surface area contributed by atoms with Gasteiger partial charge in [0.1, 0.15) is 0 Å². The summed E-state index contributed by atoms with van der Waals surface area (Å²) in [7, 11) is 1.93. The van der Waals surface area contributed by atoms with E-state index >= 15 is 0 Å². The molecular weight excluding hydrogens is 200 g/mol. The van der Waals surface area contributed by atoms with Crippen molar-refractivity contribution in [2.24, 2.45) is 0 Å². The quantitative estimate of drug-likeness (QED) is 0.811. The van der Waals surface area contributed by atoms with E-state index in [0.29, 0.717) is 6.42 Å². The number of carboxylic acid groups (broad SMARTS) is 1. The zero-order valence-electron chi connectivity index (χ0n) is 8.36. The first kappa shape index (κ1) is 11.0. The molecule has 0 saturated heterocycles. The first-order chi connectivity index (χ1) is 6.59. The van der Waals surface area contributed by atoms with Crippen LogP contribution in [0.2, 0.25) is 0 Å². The van der Waals surface area contributed by atoms with E-state index in [1.807, 2.05) is 24.3 Å². The Balaban J connectivity index is 2.35. The van der Waals surface area contributed by atoms with Gasteiger partial charge in [-0.1, -0.05) is 0 Å². The molecule has 1 aromatic rings. The number of nitrogens with zero attached hydrogens (tertiary/aromatic N) is 2. The lowest BCUT2D eigenvalue weighted by Gasteiger charge is -2.14. The molecule has 0 aliphatic rings. The monoisotopic (exact) mass is 214 g/mol. The molecule has 0 aliphatic heterocycles. The second-order valence-electron chi connectivity index (χ2n) is 3.19. The van der Waals surface area contributed by atoms with Gasteiger partial charge in [0, 0.05) is 25.4 Å². The summed E-state index contributed by atoms with van der Waals surface area (Å²) >= 11 is 1.58. The molecule has 1 rings (SSSR count). The number of hydrogen-bond acceptors (Lipinski definition) is 4. The number of carboxylic acids is 1. The van der Waals surface area contributed by atoms with Crippen LogP contribution in [0.4, 0.5) is 5.13 Å². The third kappa shape index (κ3) is 3.33. The summed E-state index contributed by atoms with van der Waals surface area (Å²) in [6.07, 6.45) is 0.874. The van der Waals surface area contributed by atoms with Gasteiger partial charge in [0.2, 0.25) is 0 Å². The summed E-state index contributed by atoms with van der Waals surface area (Å²) in [6, 6.07) is 0. The highest BCUT2D eigenvalue weighted by Gasteiger charge is 2.05. The maximum atomic E-state index is 10.3. The minimum absolute atomic E-state index is 0.217. The van der Waals surface area contributed by atoms with Crippen LogP contribution in [0.25, 0.3) is 0 Å². The van der Waals surface area contributed by atoms with Crippen LogP contribution < -0.4 is 4.90 Å². The second kappa shape index (κ2) is 4.95. The van der Waals surface area contributed by atoms with Gasteiger partial charge in [0.15, 0.2) is 5.13 Å². The lowest BCUT2D eigenvalue weighted by Crippen LogP contribution is -2.19. The fourth-order valence-corrected chi connectivity index (χ4v) is 1.88. The molecule has 0 saturated carbocycles. The van der Waals surface area contributed by atoms with Gasteiger partial charge in [-0.15, -0.1) is 11.3 Å². The minimum Gasteiger partial charge on any atom is -0.481 e. The Kier molecular flexibility index (Phi) is 3.88. The average molecular weight is 214 g/mol. The predicted molar refractivity (Wildman–Crippen MR) is 57.0 cm³/mol. The lowest BCUT2D eigenvalue weighted by atomic mass is 10.3. The fraction of sp³-hybridized carbons (Fsp3) is 0.556. The smallest absolute Gasteiger partial charge is 0.303 e. The molecule has 0 atom stereocenters. The topological polar surface area (TPSA) is 53.4 Å². The maximum Gasteiger partial charge on any atom is 0.303 e. The summed E-state index contributed by atoms with van der Waals surface area (Å²) in [4.78, 5) is 16.6. The molecule has 0 fully saturated rings. The van der Waals surface area contributed by atoms with E-state index in [9.17, 15) is 4.79 Å². The van der Waals surface area contributed by atoms with Gasteiger partial charge in [-0.2, -0.15) is 0 Å². The van der Waals surface area contributed by atoms with Crippen LogP contribution in [0, 0.1) is 6.92 Å². The Morgan fingerprint density at radius 2 is 2.43 bits per heavy atom. The summed E-state index contributed by atoms with van der Waals surface area (Å²) in [5, 5.41) is 11.4. The van der Waals surface area contributed by atoms with Crippen molar-refractivity contribution in [3.63, 3.8) is 0 Å². The number of anilines is 1. The van der Waals surface area contributed by atoms with Crippen molar-refractivity contribution >= 4 is 22.4 Å². The molecule has 0 unspecified atom stereocenters. The van der Waals surface area contributed by atoms with Crippen LogP contribution in [0.5, 0.6) is 0 Å². The van der Waals surface area contributed by atoms with E-state index in [-0.39, 0.29) is 6.42 Å². The van der Waals surface area contributed by atoms with Crippen LogP contribution in [0.1, 0.15) is 18.5 Å². The highest BCUT2D eigenvalue weighted by molar-refractivity contribution is 7.13. The van der Waals surface area contributed by atoms with Gasteiger partial charge in [-0.25, -0.2) is 4.98 Å². The second-order valence-corrected chi connectivity index (χ2v) is 4.03. The Morgan fingerprint density at radius 1 is 1.71 bits per heavy atom. The fourth-order valence-electron chi connectivity index (χ4n) is 1.08. The lowest BCUT2D eigenvalue weighted by molar-refractivity contribution is -0.137. The molecule has 0 radical (unpaired) electrons. The summed E-state index contributed by atoms with van der Waals surface area (Å²) in [5.74, 6) is -0.742. The molecule has 1 heterocycles. The largest absolute Gasteiger partial charge is 0.481 e. The van der Waals surface area contributed by atoms with E-state index < -0.39 is 5.97 Å². The number of aliphatic carboxylic acids is 1. The predicted octanol–water partition coefficient (Wildman–Crippen LogP) is 1.75. The van der Waals surface area contributed by atoms with Crippen molar-refractivity contribution in [1.29, 1.82) is 0 Å². The molecule has 1 aromatic heterocycles. The van der Waals surface area contributed by atoms with Crippen LogP contribution in [0.3, 0.4) is 0 Å². The average Bonchev–Trinajstić information content (AvgIpc) is 2.51. The Morgan fingerprint density at radius 3 is 2.93 bits per heavy atom. The third-order valence-electron chi connectivity index (χ3n) is 1.82. The first-order valence-corrected chi connectivity index (χ1v) is 5.32. The molecule has 14 heavy (non-hydrogen) atoms. The number of rotatable bonds is 5. The van der Waals surface area contributed by atoms with Crippen molar-refractivity contribution in [2.45, 2.75) is 19.8 Å². The number of aryl methyl sites for hydroxylation is 1. The molecule has 4 nitrogen and oxygen atoms in total. The molecule has 1 N–H and O–H groups in total. The van der Waals surface area contributed by atoms with E-state index in [1.54, 1.807) is 11.3 Å². The standard InChI is InChI=1S/C9H14N2O2S/c1-7-6-14-9(10-7)11(2)5-3-4-8(12)13/h6H,3-5H2,1-2H3,(H,12,13). The van der Waals surface area contributed by atoms with E-state index in [1.165, 1.54) is 0 Å². The normalized spacial score (nSPS) is 10.1. The molecule has 0 bridgehead atoms. The van der Waals surface area contributed by atoms with Crippen molar-refractivity contribution in [1.82, 2.24) is 4.98 Å².